The van der Waals surface area contributed by atoms with Gasteiger partial charge in [0.15, 0.2) is 0 Å². The van der Waals surface area contributed by atoms with Gasteiger partial charge in [-0.1, -0.05) is 29.3 Å². The molecule has 0 radical (unpaired) electrons. The van der Waals surface area contributed by atoms with E-state index in [-0.39, 0.29) is 24.4 Å². The number of carbonyl (C=O) groups is 1. The highest BCUT2D eigenvalue weighted by Crippen LogP contribution is 2.25. The van der Waals surface area contributed by atoms with Gasteiger partial charge in [-0.15, -0.1) is 12.4 Å². The van der Waals surface area contributed by atoms with E-state index in [0.717, 1.165) is 38.2 Å². The quantitative estimate of drug-likeness (QED) is 0.861. The van der Waals surface area contributed by atoms with Gasteiger partial charge < -0.3 is 10.6 Å². The first kappa shape index (κ1) is 19.5. The van der Waals surface area contributed by atoms with Gasteiger partial charge in [-0.2, -0.15) is 0 Å². The van der Waals surface area contributed by atoms with Gasteiger partial charge in [0, 0.05) is 13.1 Å². The number of halogens is 3. The van der Waals surface area contributed by atoms with Crippen LogP contribution < -0.4 is 10.6 Å². The predicted molar refractivity (Wildman–Crippen MR) is 94.2 cm³/mol. The molecule has 0 bridgehead atoms. The smallest absolute Gasteiger partial charge is 0.234 e. The Kier molecular flexibility index (Phi) is 8.50. The Hall–Kier alpha value is -0.520. The molecule has 1 unspecified atom stereocenters. The van der Waals surface area contributed by atoms with Crippen LogP contribution in [-0.4, -0.2) is 43.5 Å². The lowest BCUT2D eigenvalue weighted by atomic mass is 10.1. The van der Waals surface area contributed by atoms with Crippen molar-refractivity contribution in [2.45, 2.75) is 19.4 Å². The number of benzene rings is 1. The summed E-state index contributed by atoms with van der Waals surface area (Å²) in [6, 6.07) is 5.35. The van der Waals surface area contributed by atoms with Gasteiger partial charge in [0.05, 0.1) is 22.6 Å². The molecule has 1 saturated heterocycles. The summed E-state index contributed by atoms with van der Waals surface area (Å²) in [5.74, 6) is 0.0375. The zero-order chi connectivity index (χ0) is 15.2. The van der Waals surface area contributed by atoms with Gasteiger partial charge in [0.2, 0.25) is 5.91 Å². The molecule has 2 rings (SSSR count). The van der Waals surface area contributed by atoms with Crippen molar-refractivity contribution in [3.8, 4) is 0 Å². The fraction of sp³-hybridized carbons (Fsp3) is 0.533. The minimum Gasteiger partial charge on any atom is -0.348 e. The molecule has 1 atom stereocenters. The minimum absolute atomic E-state index is 0. The van der Waals surface area contributed by atoms with Crippen LogP contribution in [0.15, 0.2) is 18.2 Å². The molecular weight excluding hydrogens is 345 g/mol. The summed E-state index contributed by atoms with van der Waals surface area (Å²) < 4.78 is 0. The van der Waals surface area contributed by atoms with Crippen LogP contribution in [0.3, 0.4) is 0 Å². The van der Waals surface area contributed by atoms with Gasteiger partial charge >= 0.3 is 0 Å². The van der Waals surface area contributed by atoms with Crippen LogP contribution in [0.2, 0.25) is 10.0 Å². The standard InChI is InChI=1S/C15H21Cl2N3O.ClH/c1-11(12-3-4-13(16)14(17)9-12)19-15(21)10-20-7-2-5-18-6-8-20;/h3-4,9,11,18H,2,5-8,10H2,1H3,(H,19,21);1H. The number of carbonyl (C=O) groups excluding carboxylic acids is 1. The molecule has 1 aromatic carbocycles. The molecule has 0 aliphatic carbocycles. The van der Waals surface area contributed by atoms with Crippen LogP contribution >= 0.6 is 35.6 Å². The van der Waals surface area contributed by atoms with E-state index in [1.807, 2.05) is 13.0 Å². The van der Waals surface area contributed by atoms with Crippen molar-refractivity contribution in [2.24, 2.45) is 0 Å². The molecular formula is C15H22Cl3N3O. The Labute approximate surface area is 147 Å². The highest BCUT2D eigenvalue weighted by atomic mass is 35.5. The highest BCUT2D eigenvalue weighted by Gasteiger charge is 2.15. The van der Waals surface area contributed by atoms with Crippen LogP contribution in [0.5, 0.6) is 0 Å². The average molecular weight is 367 g/mol. The van der Waals surface area contributed by atoms with Crippen molar-refractivity contribution >= 4 is 41.5 Å². The van der Waals surface area contributed by atoms with Gasteiger partial charge in [0.25, 0.3) is 0 Å². The lowest BCUT2D eigenvalue weighted by Crippen LogP contribution is -2.39. The molecule has 1 aromatic rings. The van der Waals surface area contributed by atoms with E-state index in [9.17, 15) is 4.79 Å². The lowest BCUT2D eigenvalue weighted by molar-refractivity contribution is -0.122. The van der Waals surface area contributed by atoms with E-state index in [2.05, 4.69) is 15.5 Å². The summed E-state index contributed by atoms with van der Waals surface area (Å²) in [6.45, 7) is 6.22. The summed E-state index contributed by atoms with van der Waals surface area (Å²) in [7, 11) is 0. The molecule has 4 nitrogen and oxygen atoms in total. The number of nitrogens with zero attached hydrogens (tertiary/aromatic N) is 1. The lowest BCUT2D eigenvalue weighted by Gasteiger charge is -2.21. The Morgan fingerprint density at radius 3 is 2.82 bits per heavy atom. The maximum atomic E-state index is 12.1. The van der Waals surface area contributed by atoms with Crippen LogP contribution in [0, 0.1) is 0 Å². The number of hydrogen-bond donors (Lipinski definition) is 2. The zero-order valence-corrected chi connectivity index (χ0v) is 14.9. The maximum Gasteiger partial charge on any atom is 0.234 e. The Bertz CT molecular complexity index is 491. The van der Waals surface area contributed by atoms with E-state index < -0.39 is 0 Å². The third kappa shape index (κ3) is 5.94. The van der Waals surface area contributed by atoms with Crippen molar-refractivity contribution < 1.29 is 4.79 Å². The normalized spacial score (nSPS) is 17.2. The van der Waals surface area contributed by atoms with E-state index >= 15 is 0 Å². The van der Waals surface area contributed by atoms with Crippen molar-refractivity contribution in [3.63, 3.8) is 0 Å². The minimum atomic E-state index is -0.0858. The summed E-state index contributed by atoms with van der Waals surface area (Å²) in [6.07, 6.45) is 1.08. The number of nitrogens with one attached hydrogen (secondary N) is 2. The van der Waals surface area contributed by atoms with Crippen LogP contribution in [0.4, 0.5) is 0 Å². The van der Waals surface area contributed by atoms with Crippen LogP contribution in [-0.2, 0) is 4.79 Å². The number of hydrogen-bond acceptors (Lipinski definition) is 3. The molecule has 1 aliphatic heterocycles. The van der Waals surface area contributed by atoms with Crippen molar-refractivity contribution in [3.05, 3.63) is 33.8 Å². The van der Waals surface area contributed by atoms with Gasteiger partial charge in [-0.05, 0) is 44.1 Å². The Morgan fingerprint density at radius 2 is 2.09 bits per heavy atom. The molecule has 22 heavy (non-hydrogen) atoms. The van der Waals surface area contributed by atoms with Crippen LogP contribution in [0.1, 0.15) is 24.9 Å². The second-order valence-corrected chi connectivity index (χ2v) is 6.16. The van der Waals surface area contributed by atoms with Crippen LogP contribution in [0.25, 0.3) is 0 Å². The highest BCUT2D eigenvalue weighted by molar-refractivity contribution is 6.42. The topological polar surface area (TPSA) is 44.4 Å². The molecule has 0 saturated carbocycles. The molecule has 1 fully saturated rings. The van der Waals surface area contributed by atoms with Gasteiger partial charge in [0.1, 0.15) is 0 Å². The molecule has 0 aromatic heterocycles. The summed E-state index contributed by atoms with van der Waals surface area (Å²) in [5, 5.41) is 7.37. The van der Waals surface area contributed by atoms with Gasteiger partial charge in [-0.3, -0.25) is 9.69 Å². The van der Waals surface area contributed by atoms with Gasteiger partial charge in [-0.25, -0.2) is 0 Å². The third-order valence-corrected chi connectivity index (χ3v) is 4.36. The fourth-order valence-corrected chi connectivity index (χ4v) is 2.72. The maximum absolute atomic E-state index is 12.1. The average Bonchev–Trinajstić information content (AvgIpc) is 2.70. The molecule has 7 heteroatoms. The molecule has 124 valence electrons. The summed E-state index contributed by atoms with van der Waals surface area (Å²) >= 11 is 11.9. The monoisotopic (exact) mass is 365 g/mol. The van der Waals surface area contributed by atoms with E-state index in [4.69, 9.17) is 23.2 Å². The number of rotatable bonds is 4. The van der Waals surface area contributed by atoms with Crippen molar-refractivity contribution in [2.75, 3.05) is 32.7 Å². The first-order valence-electron chi connectivity index (χ1n) is 7.23. The number of amides is 1. The van der Waals surface area contributed by atoms with E-state index in [1.165, 1.54) is 0 Å². The molecule has 0 spiro atoms. The Morgan fingerprint density at radius 1 is 1.32 bits per heavy atom. The van der Waals surface area contributed by atoms with E-state index in [1.54, 1.807) is 12.1 Å². The first-order valence-corrected chi connectivity index (χ1v) is 7.99. The summed E-state index contributed by atoms with van der Waals surface area (Å²) in [4.78, 5) is 14.3. The molecule has 1 heterocycles. The zero-order valence-electron chi connectivity index (χ0n) is 12.6. The molecule has 1 aliphatic rings. The third-order valence-electron chi connectivity index (χ3n) is 3.62. The SMILES string of the molecule is CC(NC(=O)CN1CCCNCC1)c1ccc(Cl)c(Cl)c1.Cl. The Balaban J connectivity index is 0.00000242. The predicted octanol–water partition coefficient (Wildman–Crippen LogP) is 2.89. The van der Waals surface area contributed by atoms with Crippen molar-refractivity contribution in [1.82, 2.24) is 15.5 Å². The fourth-order valence-electron chi connectivity index (χ4n) is 2.42. The van der Waals surface area contributed by atoms with E-state index in [0.29, 0.717) is 16.6 Å². The first-order chi connectivity index (χ1) is 10.1. The second-order valence-electron chi connectivity index (χ2n) is 5.34. The molecule has 1 amide bonds. The largest absolute Gasteiger partial charge is 0.348 e. The summed E-state index contributed by atoms with van der Waals surface area (Å²) in [5.41, 5.74) is 0.954. The second kappa shape index (κ2) is 9.58. The molecule has 2 N–H and O–H groups in total. The van der Waals surface area contributed by atoms with Crippen molar-refractivity contribution in [1.29, 1.82) is 0 Å².